The Balaban J connectivity index is 2.04. The van der Waals surface area contributed by atoms with Crippen LogP contribution < -0.4 is 10.2 Å². The Hall–Kier alpha value is -2.30. The number of anilines is 2. The molecule has 1 N–H and O–H groups in total. The van der Waals surface area contributed by atoms with Gasteiger partial charge in [-0.05, 0) is 43.5 Å². The highest BCUT2D eigenvalue weighted by Crippen LogP contribution is 2.48. The van der Waals surface area contributed by atoms with Crippen LogP contribution in [0.5, 0.6) is 0 Å². The molecule has 4 rings (SSSR count). The number of fused-ring (bicyclic) bond motifs is 1. The van der Waals surface area contributed by atoms with Gasteiger partial charge in [0, 0.05) is 39.7 Å². The van der Waals surface area contributed by atoms with Gasteiger partial charge in [0.2, 0.25) is 5.91 Å². The quantitative estimate of drug-likeness (QED) is 0.623. The van der Waals surface area contributed by atoms with Crippen LogP contribution in [0.4, 0.5) is 11.4 Å². The van der Waals surface area contributed by atoms with Gasteiger partial charge in [0.1, 0.15) is 0 Å². The molecule has 0 radical (unpaired) electrons. The van der Waals surface area contributed by atoms with Crippen molar-refractivity contribution in [3.63, 3.8) is 0 Å². The third kappa shape index (κ3) is 3.56. The maximum Gasteiger partial charge on any atom is 0.227 e. The Morgan fingerprint density at radius 1 is 1.10 bits per heavy atom. The maximum absolute atomic E-state index is 13.4. The number of carbonyl (C=O) groups is 2. The zero-order chi connectivity index (χ0) is 20.5. The number of hydrogen-bond acceptors (Lipinski definition) is 3. The smallest absolute Gasteiger partial charge is 0.227 e. The first-order valence-electron chi connectivity index (χ1n) is 9.91. The molecule has 0 bridgehead atoms. The van der Waals surface area contributed by atoms with Crippen LogP contribution in [0.15, 0.2) is 53.7 Å². The lowest BCUT2D eigenvalue weighted by Gasteiger charge is -2.34. The largest absolute Gasteiger partial charge is 0.357 e. The van der Waals surface area contributed by atoms with Crippen molar-refractivity contribution in [1.29, 1.82) is 0 Å². The second kappa shape index (κ2) is 8.21. The van der Waals surface area contributed by atoms with Crippen LogP contribution in [0.2, 0.25) is 10.0 Å². The van der Waals surface area contributed by atoms with Gasteiger partial charge < -0.3 is 5.32 Å². The summed E-state index contributed by atoms with van der Waals surface area (Å²) in [5.74, 6) is -0.0308. The minimum absolute atomic E-state index is 0.0295. The number of carbonyl (C=O) groups excluding carboxylic acids is 2. The summed E-state index contributed by atoms with van der Waals surface area (Å²) in [6.07, 6.45) is 3.03. The summed E-state index contributed by atoms with van der Waals surface area (Å²) >= 11 is 13.2. The monoisotopic (exact) mass is 428 g/mol. The lowest BCUT2D eigenvalue weighted by Crippen LogP contribution is -2.38. The summed E-state index contributed by atoms with van der Waals surface area (Å²) in [6.45, 7) is 1.97. The number of para-hydroxylation sites is 2. The van der Waals surface area contributed by atoms with Crippen LogP contribution in [-0.4, -0.2) is 11.7 Å². The fourth-order valence-electron chi connectivity index (χ4n) is 4.19. The van der Waals surface area contributed by atoms with Gasteiger partial charge in [0.05, 0.1) is 17.4 Å². The van der Waals surface area contributed by atoms with E-state index in [4.69, 9.17) is 23.2 Å². The number of halogens is 2. The first kappa shape index (κ1) is 20.0. The SMILES string of the molecule is CCCC(=O)N1c2ccccc2NC2=C(C(=O)CCC2)C1c1c(Cl)cccc1Cl. The van der Waals surface area contributed by atoms with Crippen LogP contribution in [0.1, 0.15) is 50.6 Å². The minimum atomic E-state index is -0.658. The molecule has 6 heteroatoms. The molecule has 1 atom stereocenters. The molecule has 2 aliphatic rings. The number of rotatable bonds is 3. The van der Waals surface area contributed by atoms with E-state index in [1.54, 1.807) is 23.1 Å². The number of ketones is 1. The van der Waals surface area contributed by atoms with Crippen molar-refractivity contribution in [1.82, 2.24) is 0 Å². The Labute approximate surface area is 180 Å². The molecule has 1 aliphatic heterocycles. The molecule has 2 aromatic rings. The predicted molar refractivity (Wildman–Crippen MR) is 118 cm³/mol. The highest BCUT2D eigenvalue weighted by atomic mass is 35.5. The molecule has 1 amide bonds. The van der Waals surface area contributed by atoms with Gasteiger partial charge in [0.25, 0.3) is 0 Å². The number of allylic oxidation sites excluding steroid dienone is 1. The van der Waals surface area contributed by atoms with Crippen LogP contribution in [0.3, 0.4) is 0 Å². The molecule has 2 aromatic carbocycles. The number of benzene rings is 2. The van der Waals surface area contributed by atoms with Gasteiger partial charge in [-0.15, -0.1) is 0 Å². The standard InChI is InChI=1S/C23H22Cl2N2O2/c1-2-7-20(29)27-18-12-4-3-10-16(18)26-17-11-6-13-19(28)22(17)23(27)21-14(24)8-5-9-15(21)25/h3-5,8-10,12,23,26H,2,6-7,11,13H2,1H3. The van der Waals surface area contributed by atoms with E-state index < -0.39 is 6.04 Å². The van der Waals surface area contributed by atoms with Crippen molar-refractivity contribution in [2.24, 2.45) is 0 Å². The number of amides is 1. The average Bonchev–Trinajstić information content (AvgIpc) is 2.83. The minimum Gasteiger partial charge on any atom is -0.357 e. The Morgan fingerprint density at radius 2 is 1.83 bits per heavy atom. The molecule has 0 fully saturated rings. The molecule has 150 valence electrons. The first-order chi connectivity index (χ1) is 14.0. The zero-order valence-corrected chi connectivity index (χ0v) is 17.7. The molecular formula is C23H22Cl2N2O2. The van der Waals surface area contributed by atoms with Crippen LogP contribution >= 0.6 is 23.2 Å². The summed E-state index contributed by atoms with van der Waals surface area (Å²) in [4.78, 5) is 28.2. The van der Waals surface area contributed by atoms with Gasteiger partial charge in [-0.3, -0.25) is 14.5 Å². The fraction of sp³-hybridized carbons (Fsp3) is 0.304. The normalized spacial score (nSPS) is 18.7. The van der Waals surface area contributed by atoms with E-state index in [-0.39, 0.29) is 11.7 Å². The van der Waals surface area contributed by atoms with Crippen molar-refractivity contribution < 1.29 is 9.59 Å². The highest BCUT2D eigenvalue weighted by molar-refractivity contribution is 6.36. The topological polar surface area (TPSA) is 49.4 Å². The fourth-order valence-corrected chi connectivity index (χ4v) is 4.79. The van der Waals surface area contributed by atoms with E-state index in [0.29, 0.717) is 40.4 Å². The van der Waals surface area contributed by atoms with Crippen LogP contribution in [-0.2, 0) is 9.59 Å². The second-order valence-corrected chi connectivity index (χ2v) is 8.18. The Kier molecular flexibility index (Phi) is 5.66. The van der Waals surface area contributed by atoms with E-state index in [0.717, 1.165) is 29.9 Å². The number of nitrogens with one attached hydrogen (secondary N) is 1. The van der Waals surface area contributed by atoms with Gasteiger partial charge in [0.15, 0.2) is 5.78 Å². The molecule has 1 heterocycles. The summed E-state index contributed by atoms with van der Waals surface area (Å²) in [5.41, 5.74) is 3.58. The van der Waals surface area contributed by atoms with E-state index in [2.05, 4.69) is 5.32 Å². The van der Waals surface area contributed by atoms with Crippen molar-refractivity contribution in [3.05, 3.63) is 69.3 Å². The first-order valence-corrected chi connectivity index (χ1v) is 10.7. The van der Waals surface area contributed by atoms with E-state index in [1.807, 2.05) is 31.2 Å². The Bertz CT molecular complexity index is 995. The lowest BCUT2D eigenvalue weighted by molar-refractivity contribution is -0.119. The van der Waals surface area contributed by atoms with Crippen LogP contribution in [0, 0.1) is 0 Å². The molecule has 1 unspecified atom stereocenters. The van der Waals surface area contributed by atoms with Crippen molar-refractivity contribution in [2.45, 2.75) is 45.1 Å². The maximum atomic E-state index is 13.4. The van der Waals surface area contributed by atoms with Gasteiger partial charge >= 0.3 is 0 Å². The number of nitrogens with zero attached hydrogens (tertiary/aromatic N) is 1. The molecule has 29 heavy (non-hydrogen) atoms. The number of hydrogen-bond donors (Lipinski definition) is 1. The van der Waals surface area contributed by atoms with Gasteiger partial charge in [-0.25, -0.2) is 0 Å². The predicted octanol–water partition coefficient (Wildman–Crippen LogP) is 6.30. The third-order valence-corrected chi connectivity index (χ3v) is 6.10. The highest BCUT2D eigenvalue weighted by Gasteiger charge is 2.40. The summed E-state index contributed by atoms with van der Waals surface area (Å²) in [6, 6.07) is 12.3. The van der Waals surface area contributed by atoms with Crippen molar-refractivity contribution in [2.75, 3.05) is 10.2 Å². The van der Waals surface area contributed by atoms with Crippen LogP contribution in [0.25, 0.3) is 0 Å². The summed E-state index contributed by atoms with van der Waals surface area (Å²) in [7, 11) is 0. The molecule has 4 nitrogen and oxygen atoms in total. The lowest BCUT2D eigenvalue weighted by atomic mass is 9.85. The van der Waals surface area contributed by atoms with Crippen molar-refractivity contribution in [3.8, 4) is 0 Å². The van der Waals surface area contributed by atoms with E-state index >= 15 is 0 Å². The molecule has 1 aliphatic carbocycles. The molecule has 0 spiro atoms. The number of Topliss-reactive ketones (excluding diaryl/α,β-unsaturated/α-hetero) is 1. The Morgan fingerprint density at radius 3 is 2.55 bits per heavy atom. The van der Waals surface area contributed by atoms with Crippen molar-refractivity contribution >= 4 is 46.3 Å². The summed E-state index contributed by atoms with van der Waals surface area (Å²) < 4.78 is 0. The van der Waals surface area contributed by atoms with E-state index in [1.165, 1.54) is 0 Å². The average molecular weight is 429 g/mol. The molecule has 0 saturated carbocycles. The summed E-state index contributed by atoms with van der Waals surface area (Å²) in [5, 5.41) is 4.33. The second-order valence-electron chi connectivity index (χ2n) is 7.36. The zero-order valence-electron chi connectivity index (χ0n) is 16.2. The third-order valence-electron chi connectivity index (χ3n) is 5.44. The van der Waals surface area contributed by atoms with Gasteiger partial charge in [-0.2, -0.15) is 0 Å². The molecule has 0 aromatic heterocycles. The molecular weight excluding hydrogens is 407 g/mol. The van der Waals surface area contributed by atoms with Gasteiger partial charge in [-0.1, -0.05) is 48.3 Å². The molecule has 0 saturated heterocycles. The van der Waals surface area contributed by atoms with E-state index in [9.17, 15) is 9.59 Å².